The molecule has 1 aromatic carbocycles. The highest BCUT2D eigenvalue weighted by atomic mass is 16.3. The quantitative estimate of drug-likeness (QED) is 0.703. The van der Waals surface area contributed by atoms with Crippen LogP contribution in [0.25, 0.3) is 0 Å². The first-order valence-electron chi connectivity index (χ1n) is 7.99. The molecule has 0 aromatic heterocycles. The van der Waals surface area contributed by atoms with E-state index < -0.39 is 5.60 Å². The first-order valence-corrected chi connectivity index (χ1v) is 7.99. The van der Waals surface area contributed by atoms with Crippen LogP contribution in [0.15, 0.2) is 24.3 Å². The Labute approximate surface area is 118 Å². The molecule has 19 heavy (non-hydrogen) atoms. The van der Waals surface area contributed by atoms with Crippen molar-refractivity contribution in [1.29, 1.82) is 0 Å². The lowest BCUT2D eigenvalue weighted by molar-refractivity contribution is 0.00461. The van der Waals surface area contributed by atoms with Crippen molar-refractivity contribution in [2.24, 2.45) is 0 Å². The highest BCUT2D eigenvalue weighted by Gasteiger charge is 2.35. The lowest BCUT2D eigenvalue weighted by Crippen LogP contribution is -2.31. The fourth-order valence-corrected chi connectivity index (χ4v) is 3.38. The zero-order valence-corrected chi connectivity index (χ0v) is 12.5. The van der Waals surface area contributed by atoms with E-state index in [0.717, 1.165) is 25.7 Å². The van der Waals surface area contributed by atoms with E-state index in [1.807, 2.05) is 0 Å². The van der Waals surface area contributed by atoms with E-state index in [1.165, 1.54) is 36.8 Å². The van der Waals surface area contributed by atoms with E-state index in [2.05, 4.69) is 38.1 Å². The van der Waals surface area contributed by atoms with Crippen LogP contribution in [0, 0.1) is 0 Å². The van der Waals surface area contributed by atoms with Crippen LogP contribution >= 0.6 is 0 Å². The molecule has 0 heterocycles. The van der Waals surface area contributed by atoms with Gasteiger partial charge in [0.2, 0.25) is 0 Å². The van der Waals surface area contributed by atoms with Crippen molar-refractivity contribution >= 4 is 0 Å². The van der Waals surface area contributed by atoms with E-state index in [1.54, 1.807) is 0 Å². The van der Waals surface area contributed by atoms with E-state index in [0.29, 0.717) is 5.92 Å². The van der Waals surface area contributed by atoms with Crippen LogP contribution in [0.5, 0.6) is 0 Å². The van der Waals surface area contributed by atoms with Gasteiger partial charge in [-0.15, -0.1) is 0 Å². The van der Waals surface area contributed by atoms with Gasteiger partial charge < -0.3 is 5.11 Å². The molecule has 0 radical (unpaired) electrons. The summed E-state index contributed by atoms with van der Waals surface area (Å²) in [6, 6.07) is 8.50. The minimum absolute atomic E-state index is 0.560. The third kappa shape index (κ3) is 3.39. The van der Waals surface area contributed by atoms with Gasteiger partial charge in [-0.25, -0.2) is 0 Å². The molecular formula is C18H28O. The van der Waals surface area contributed by atoms with Gasteiger partial charge in [0.1, 0.15) is 0 Å². The Morgan fingerprint density at radius 3 is 2.68 bits per heavy atom. The largest absolute Gasteiger partial charge is 0.385 e. The third-order valence-electron chi connectivity index (χ3n) is 4.68. The van der Waals surface area contributed by atoms with Gasteiger partial charge in [0.05, 0.1) is 5.60 Å². The molecule has 0 amide bonds. The number of unbranched alkanes of at least 4 members (excludes halogenated alkanes) is 4. The number of hydrogen-bond donors (Lipinski definition) is 1. The number of rotatable bonds is 6. The summed E-state index contributed by atoms with van der Waals surface area (Å²) < 4.78 is 0. The van der Waals surface area contributed by atoms with Crippen molar-refractivity contribution in [2.45, 2.75) is 76.7 Å². The smallest absolute Gasteiger partial charge is 0.0899 e. The second kappa shape index (κ2) is 6.56. The molecule has 2 unspecified atom stereocenters. The standard InChI is InChI=1S/C18H28O/c1-3-4-5-6-9-13-18(19)14-12-15(2)16-10-7-8-11-17(16)18/h7-8,10-11,15,19H,3-6,9,12-14H2,1-2H3. The Morgan fingerprint density at radius 2 is 1.89 bits per heavy atom. The topological polar surface area (TPSA) is 20.2 Å². The predicted octanol–water partition coefficient (Wildman–Crippen LogP) is 5.13. The van der Waals surface area contributed by atoms with E-state index in [9.17, 15) is 5.11 Å². The zero-order valence-electron chi connectivity index (χ0n) is 12.5. The summed E-state index contributed by atoms with van der Waals surface area (Å²) in [4.78, 5) is 0. The van der Waals surface area contributed by atoms with Gasteiger partial charge in [-0.2, -0.15) is 0 Å². The van der Waals surface area contributed by atoms with Crippen molar-refractivity contribution in [3.63, 3.8) is 0 Å². The minimum Gasteiger partial charge on any atom is -0.385 e. The predicted molar refractivity (Wildman–Crippen MR) is 81.4 cm³/mol. The van der Waals surface area contributed by atoms with Crippen molar-refractivity contribution in [3.05, 3.63) is 35.4 Å². The molecule has 0 aliphatic heterocycles. The van der Waals surface area contributed by atoms with Gasteiger partial charge in [-0.3, -0.25) is 0 Å². The van der Waals surface area contributed by atoms with Gasteiger partial charge in [0, 0.05) is 0 Å². The Hall–Kier alpha value is -0.820. The molecule has 0 saturated carbocycles. The number of benzene rings is 1. The van der Waals surface area contributed by atoms with Crippen LogP contribution < -0.4 is 0 Å². The molecule has 0 saturated heterocycles. The molecule has 1 aliphatic rings. The second-order valence-corrected chi connectivity index (χ2v) is 6.22. The van der Waals surface area contributed by atoms with Crippen LogP contribution in [0.3, 0.4) is 0 Å². The van der Waals surface area contributed by atoms with E-state index in [-0.39, 0.29) is 0 Å². The lowest BCUT2D eigenvalue weighted by atomic mass is 9.72. The first-order chi connectivity index (χ1) is 9.17. The summed E-state index contributed by atoms with van der Waals surface area (Å²) in [5.41, 5.74) is 2.00. The highest BCUT2D eigenvalue weighted by molar-refractivity contribution is 5.37. The Bertz CT molecular complexity index is 398. The van der Waals surface area contributed by atoms with Gasteiger partial charge in [0.25, 0.3) is 0 Å². The molecule has 1 N–H and O–H groups in total. The summed E-state index contributed by atoms with van der Waals surface area (Å²) >= 11 is 0. The van der Waals surface area contributed by atoms with Crippen LogP contribution in [0.2, 0.25) is 0 Å². The minimum atomic E-state index is -0.560. The molecule has 1 heteroatoms. The molecule has 1 aliphatic carbocycles. The molecule has 1 aromatic rings. The Morgan fingerprint density at radius 1 is 1.16 bits per heavy atom. The van der Waals surface area contributed by atoms with Crippen LogP contribution in [0.1, 0.15) is 82.3 Å². The van der Waals surface area contributed by atoms with Crippen molar-refractivity contribution in [3.8, 4) is 0 Å². The lowest BCUT2D eigenvalue weighted by Gasteiger charge is -2.37. The molecule has 0 fully saturated rings. The van der Waals surface area contributed by atoms with Crippen LogP contribution in [-0.2, 0) is 5.60 Å². The van der Waals surface area contributed by atoms with Gasteiger partial charge >= 0.3 is 0 Å². The van der Waals surface area contributed by atoms with E-state index in [4.69, 9.17) is 0 Å². The molecular weight excluding hydrogens is 232 g/mol. The summed E-state index contributed by atoms with van der Waals surface area (Å²) in [5, 5.41) is 11.0. The monoisotopic (exact) mass is 260 g/mol. The van der Waals surface area contributed by atoms with Crippen molar-refractivity contribution < 1.29 is 5.11 Å². The van der Waals surface area contributed by atoms with Gasteiger partial charge in [0.15, 0.2) is 0 Å². The SMILES string of the molecule is CCCCCCCC1(O)CCC(C)c2ccccc21. The van der Waals surface area contributed by atoms with Crippen LogP contribution in [0.4, 0.5) is 0 Å². The number of fused-ring (bicyclic) bond motifs is 1. The van der Waals surface area contributed by atoms with Crippen molar-refractivity contribution in [1.82, 2.24) is 0 Å². The van der Waals surface area contributed by atoms with Gasteiger partial charge in [-0.1, -0.05) is 70.2 Å². The third-order valence-corrected chi connectivity index (χ3v) is 4.68. The van der Waals surface area contributed by atoms with Gasteiger partial charge in [-0.05, 0) is 36.3 Å². The average molecular weight is 260 g/mol. The molecule has 0 bridgehead atoms. The second-order valence-electron chi connectivity index (χ2n) is 6.22. The average Bonchev–Trinajstić information content (AvgIpc) is 2.44. The summed E-state index contributed by atoms with van der Waals surface area (Å²) in [6.45, 7) is 4.52. The summed E-state index contributed by atoms with van der Waals surface area (Å²) in [7, 11) is 0. The fourth-order valence-electron chi connectivity index (χ4n) is 3.38. The molecule has 106 valence electrons. The normalized spacial score (nSPS) is 26.2. The molecule has 0 spiro atoms. The van der Waals surface area contributed by atoms with Crippen LogP contribution in [-0.4, -0.2) is 5.11 Å². The fraction of sp³-hybridized carbons (Fsp3) is 0.667. The number of hydrogen-bond acceptors (Lipinski definition) is 1. The summed E-state index contributed by atoms with van der Waals surface area (Å²) in [6.07, 6.45) is 9.30. The zero-order chi connectivity index (χ0) is 13.7. The Balaban J connectivity index is 2.01. The maximum absolute atomic E-state index is 11.0. The molecule has 2 rings (SSSR count). The molecule has 2 atom stereocenters. The molecule has 1 nitrogen and oxygen atoms in total. The Kier molecular flexibility index (Phi) is 5.04. The first kappa shape index (κ1) is 14.6. The number of aliphatic hydroxyl groups is 1. The summed E-state index contributed by atoms with van der Waals surface area (Å²) in [5.74, 6) is 0.594. The highest BCUT2D eigenvalue weighted by Crippen LogP contribution is 2.43. The van der Waals surface area contributed by atoms with E-state index >= 15 is 0 Å². The maximum atomic E-state index is 11.0. The van der Waals surface area contributed by atoms with Crippen molar-refractivity contribution in [2.75, 3.05) is 0 Å². The maximum Gasteiger partial charge on any atom is 0.0899 e.